The predicted molar refractivity (Wildman–Crippen MR) is 279 cm³/mol. The molecule has 3 heteroatoms. The first-order valence-corrected chi connectivity index (χ1v) is 23.8. The van der Waals surface area contributed by atoms with Crippen LogP contribution >= 0.6 is 0 Å². The van der Waals surface area contributed by atoms with Crippen LogP contribution in [0.1, 0.15) is 44.5 Å². The molecule has 0 saturated heterocycles. The molecular formula is C66H41NO2. The Labute approximate surface area is 400 Å². The van der Waals surface area contributed by atoms with E-state index in [2.05, 4.69) is 254 Å². The first-order chi connectivity index (χ1) is 34.2. The molecule has 0 aromatic heterocycles. The maximum absolute atomic E-state index is 6.77. The monoisotopic (exact) mass is 879 g/mol. The number of anilines is 3. The van der Waals surface area contributed by atoms with Crippen LogP contribution in [0.2, 0.25) is 0 Å². The quantitative estimate of drug-likeness (QED) is 0.176. The lowest BCUT2D eigenvalue weighted by molar-refractivity contribution is 0.436. The van der Waals surface area contributed by atoms with Crippen molar-refractivity contribution in [2.75, 3.05) is 4.90 Å². The molecule has 2 aliphatic heterocycles. The summed E-state index contributed by atoms with van der Waals surface area (Å²) in [7, 11) is 0. The van der Waals surface area contributed by atoms with Crippen LogP contribution in [0.25, 0.3) is 44.2 Å². The lowest BCUT2D eigenvalue weighted by atomic mass is 9.65. The summed E-state index contributed by atoms with van der Waals surface area (Å²) in [6, 6.07) is 90.9. The number of hydrogen-bond acceptors (Lipinski definition) is 3. The lowest BCUT2D eigenvalue weighted by Crippen LogP contribution is -2.32. The molecule has 15 rings (SSSR count). The Morgan fingerprint density at radius 3 is 1.36 bits per heavy atom. The van der Waals surface area contributed by atoms with Gasteiger partial charge in [-0.05, 0) is 104 Å². The number of para-hydroxylation sites is 4. The van der Waals surface area contributed by atoms with E-state index in [1.54, 1.807) is 0 Å². The van der Waals surface area contributed by atoms with Crippen molar-refractivity contribution in [3.63, 3.8) is 0 Å². The van der Waals surface area contributed by atoms with E-state index in [4.69, 9.17) is 9.47 Å². The van der Waals surface area contributed by atoms with Crippen LogP contribution in [0.5, 0.6) is 23.0 Å². The van der Waals surface area contributed by atoms with Crippen LogP contribution in [0.4, 0.5) is 17.1 Å². The van der Waals surface area contributed by atoms with E-state index < -0.39 is 10.8 Å². The molecule has 11 aromatic carbocycles. The van der Waals surface area contributed by atoms with Crippen molar-refractivity contribution >= 4 is 27.8 Å². The fourth-order valence-corrected chi connectivity index (χ4v) is 12.8. The van der Waals surface area contributed by atoms with E-state index in [0.717, 1.165) is 67.7 Å². The number of hydrogen-bond donors (Lipinski definition) is 0. The standard InChI is InChI=1S/C66H41NO2/c1-2-18-42(19-3-1)43-36-38-44(39-37-43)67(58-31-17-29-56-63(58)49-21-5-7-24-51(49)65(56)52-25-8-12-32-59(52)68-60-33-13-9-26-53(60)65)57-30-16-22-47-46(57)40-41-48-45-20-4-6-23-50(45)66(64(47)48)54-27-10-14-34-61(54)69-62-35-15-11-28-55(62)66/h1-41H. The van der Waals surface area contributed by atoms with Crippen molar-refractivity contribution in [2.45, 2.75) is 10.8 Å². The van der Waals surface area contributed by atoms with Gasteiger partial charge >= 0.3 is 0 Å². The van der Waals surface area contributed by atoms with Crippen molar-refractivity contribution < 1.29 is 9.47 Å². The topological polar surface area (TPSA) is 21.7 Å². The summed E-state index contributed by atoms with van der Waals surface area (Å²) in [5.41, 5.74) is 19.0. The molecule has 3 nitrogen and oxygen atoms in total. The minimum Gasteiger partial charge on any atom is -0.457 e. The van der Waals surface area contributed by atoms with E-state index in [9.17, 15) is 0 Å². The average molecular weight is 880 g/mol. The summed E-state index contributed by atoms with van der Waals surface area (Å²) in [5, 5.41) is 2.37. The van der Waals surface area contributed by atoms with Gasteiger partial charge in [-0.2, -0.15) is 0 Å². The number of nitrogens with zero attached hydrogens (tertiary/aromatic N) is 1. The molecular weight excluding hydrogens is 839 g/mol. The zero-order valence-electron chi connectivity index (χ0n) is 37.4. The number of rotatable bonds is 4. The van der Waals surface area contributed by atoms with Crippen LogP contribution in [-0.2, 0) is 10.8 Å². The van der Waals surface area contributed by atoms with Crippen molar-refractivity contribution in [1.82, 2.24) is 0 Å². The van der Waals surface area contributed by atoms with Crippen LogP contribution < -0.4 is 14.4 Å². The first kappa shape index (κ1) is 38.2. The van der Waals surface area contributed by atoms with Gasteiger partial charge in [0.2, 0.25) is 0 Å². The normalized spacial score (nSPS) is 14.3. The van der Waals surface area contributed by atoms with Gasteiger partial charge < -0.3 is 14.4 Å². The largest absolute Gasteiger partial charge is 0.457 e. The molecule has 322 valence electrons. The molecule has 0 fully saturated rings. The molecule has 0 bridgehead atoms. The van der Waals surface area contributed by atoms with Gasteiger partial charge in [-0.3, -0.25) is 0 Å². The van der Waals surface area contributed by atoms with Gasteiger partial charge in [-0.15, -0.1) is 0 Å². The van der Waals surface area contributed by atoms with Gasteiger partial charge in [0, 0.05) is 38.9 Å². The fourth-order valence-electron chi connectivity index (χ4n) is 12.8. The Morgan fingerprint density at radius 2 is 0.739 bits per heavy atom. The Bertz CT molecular complexity index is 3830. The molecule has 2 heterocycles. The van der Waals surface area contributed by atoms with E-state index in [-0.39, 0.29) is 0 Å². The summed E-state index contributed by atoms with van der Waals surface area (Å²) in [4.78, 5) is 2.52. The summed E-state index contributed by atoms with van der Waals surface area (Å²) < 4.78 is 13.5. The minimum absolute atomic E-state index is 0.613. The third-order valence-electron chi connectivity index (χ3n) is 15.4. The molecule has 11 aromatic rings. The Morgan fingerprint density at radius 1 is 0.275 bits per heavy atom. The third-order valence-corrected chi connectivity index (χ3v) is 15.4. The van der Waals surface area contributed by atoms with Crippen molar-refractivity contribution in [1.29, 1.82) is 0 Å². The van der Waals surface area contributed by atoms with Crippen molar-refractivity contribution in [3.8, 4) is 56.4 Å². The average Bonchev–Trinajstić information content (AvgIpc) is 3.88. The third kappa shape index (κ3) is 5.01. The highest BCUT2D eigenvalue weighted by atomic mass is 16.5. The van der Waals surface area contributed by atoms with Gasteiger partial charge in [0.05, 0.1) is 22.2 Å². The van der Waals surface area contributed by atoms with Crippen LogP contribution in [0.3, 0.4) is 0 Å². The predicted octanol–water partition coefficient (Wildman–Crippen LogP) is 16.9. The Hall–Kier alpha value is -8.92. The van der Waals surface area contributed by atoms with E-state index in [1.807, 2.05) is 0 Å². The van der Waals surface area contributed by atoms with Crippen LogP contribution in [-0.4, -0.2) is 0 Å². The molecule has 69 heavy (non-hydrogen) atoms. The molecule has 2 spiro atoms. The summed E-state index contributed by atoms with van der Waals surface area (Å²) in [5.74, 6) is 3.53. The minimum atomic E-state index is -0.624. The fraction of sp³-hybridized carbons (Fsp3) is 0.0303. The number of benzene rings is 11. The maximum Gasteiger partial charge on any atom is 0.132 e. The smallest absolute Gasteiger partial charge is 0.132 e. The zero-order valence-corrected chi connectivity index (χ0v) is 37.4. The highest BCUT2D eigenvalue weighted by Gasteiger charge is 2.53. The van der Waals surface area contributed by atoms with Crippen molar-refractivity contribution in [2.24, 2.45) is 0 Å². The second-order valence-electron chi connectivity index (χ2n) is 18.6. The van der Waals surface area contributed by atoms with E-state index >= 15 is 0 Å². The maximum atomic E-state index is 6.77. The molecule has 0 amide bonds. The van der Waals surface area contributed by atoms with Gasteiger partial charge in [-0.25, -0.2) is 0 Å². The Balaban J connectivity index is 1.04. The highest BCUT2D eigenvalue weighted by molar-refractivity contribution is 6.09. The molecule has 0 radical (unpaired) electrons. The number of ether oxygens (including phenoxy) is 2. The van der Waals surface area contributed by atoms with Crippen LogP contribution in [0.15, 0.2) is 249 Å². The molecule has 2 aliphatic carbocycles. The van der Waals surface area contributed by atoms with Crippen molar-refractivity contribution in [3.05, 3.63) is 293 Å². The number of fused-ring (bicyclic) bond motifs is 20. The van der Waals surface area contributed by atoms with E-state index in [1.165, 1.54) is 61.0 Å². The lowest BCUT2D eigenvalue weighted by Gasteiger charge is -2.40. The summed E-state index contributed by atoms with van der Waals surface area (Å²) in [6.45, 7) is 0. The van der Waals surface area contributed by atoms with Gasteiger partial charge in [0.15, 0.2) is 0 Å². The second-order valence-corrected chi connectivity index (χ2v) is 18.6. The SMILES string of the molecule is c1ccc(-c2ccc(N(c3cccc4c3-c3ccccc3C43c4ccccc4Oc4ccccc43)c3cccc4c5c(ccc34)-c3ccccc3C53c4ccccc4Oc4ccccc43)cc2)cc1. The summed E-state index contributed by atoms with van der Waals surface area (Å²) >= 11 is 0. The molecule has 0 saturated carbocycles. The highest BCUT2D eigenvalue weighted by Crippen LogP contribution is 2.66. The first-order valence-electron chi connectivity index (χ1n) is 23.8. The summed E-state index contributed by atoms with van der Waals surface area (Å²) in [6.07, 6.45) is 0. The molecule has 0 atom stereocenters. The molecule has 0 unspecified atom stereocenters. The molecule has 4 aliphatic rings. The van der Waals surface area contributed by atoms with Crippen LogP contribution in [0, 0.1) is 0 Å². The van der Waals surface area contributed by atoms with E-state index in [0.29, 0.717) is 0 Å². The van der Waals surface area contributed by atoms with Gasteiger partial charge in [0.25, 0.3) is 0 Å². The zero-order chi connectivity index (χ0) is 45.3. The molecule has 0 N–H and O–H groups in total. The van der Waals surface area contributed by atoms with Gasteiger partial charge in [0.1, 0.15) is 23.0 Å². The van der Waals surface area contributed by atoms with Gasteiger partial charge in [-0.1, -0.05) is 200 Å². The second kappa shape index (κ2) is 14.3. The Kier molecular flexibility index (Phi) is 7.92.